The number of carbonyl (C=O) groups is 1. The molecule has 4 heteroatoms. The molecule has 0 radical (unpaired) electrons. The molecule has 11 heavy (non-hydrogen) atoms. The number of nitrogens with one attached hydrogen (secondary N) is 1. The first kappa shape index (κ1) is 10.4. The standard InChI is InChI=1S/C7H17N3O/c1-10-7(11)6(9)4-2-3-5-8/h6H,2-5,8-9H2,1H3,(H,10,11). The van der Waals surface area contributed by atoms with Gasteiger partial charge in [0.2, 0.25) is 5.91 Å². The van der Waals surface area contributed by atoms with E-state index in [4.69, 9.17) is 11.5 Å². The maximum absolute atomic E-state index is 10.8. The summed E-state index contributed by atoms with van der Waals surface area (Å²) >= 11 is 0. The lowest BCUT2D eigenvalue weighted by atomic mass is 10.1. The first-order valence-corrected chi connectivity index (χ1v) is 3.89. The number of nitrogens with two attached hydrogens (primary N) is 2. The molecule has 0 aromatic carbocycles. The molecule has 0 spiro atoms. The van der Waals surface area contributed by atoms with Gasteiger partial charge in [0.05, 0.1) is 6.04 Å². The van der Waals surface area contributed by atoms with E-state index in [1.54, 1.807) is 7.05 Å². The monoisotopic (exact) mass is 159 g/mol. The van der Waals surface area contributed by atoms with Crippen LogP contribution in [0.25, 0.3) is 0 Å². The SMILES string of the molecule is CNC(=O)C(N)CCCCN. The first-order chi connectivity index (χ1) is 5.22. The van der Waals surface area contributed by atoms with Crippen LogP contribution in [0.3, 0.4) is 0 Å². The molecule has 1 atom stereocenters. The Labute approximate surface area is 67.3 Å². The molecule has 0 aromatic rings. The summed E-state index contributed by atoms with van der Waals surface area (Å²) in [6.45, 7) is 0.667. The lowest BCUT2D eigenvalue weighted by molar-refractivity contribution is -0.122. The van der Waals surface area contributed by atoms with E-state index < -0.39 is 0 Å². The fraction of sp³-hybridized carbons (Fsp3) is 0.857. The highest BCUT2D eigenvalue weighted by Crippen LogP contribution is 1.97. The van der Waals surface area contributed by atoms with E-state index in [0.29, 0.717) is 6.54 Å². The van der Waals surface area contributed by atoms with Crippen LogP contribution >= 0.6 is 0 Å². The lowest BCUT2D eigenvalue weighted by Gasteiger charge is -2.08. The van der Waals surface area contributed by atoms with Crippen LogP contribution in [0.4, 0.5) is 0 Å². The summed E-state index contributed by atoms with van der Waals surface area (Å²) in [6, 6.07) is -0.369. The molecule has 0 saturated carbocycles. The van der Waals surface area contributed by atoms with Crippen LogP contribution in [-0.2, 0) is 4.79 Å². The van der Waals surface area contributed by atoms with E-state index in [1.165, 1.54) is 0 Å². The summed E-state index contributed by atoms with van der Waals surface area (Å²) < 4.78 is 0. The van der Waals surface area contributed by atoms with Gasteiger partial charge < -0.3 is 16.8 Å². The van der Waals surface area contributed by atoms with Crippen molar-refractivity contribution in [2.24, 2.45) is 11.5 Å². The summed E-state index contributed by atoms with van der Waals surface area (Å²) in [7, 11) is 1.59. The number of likely N-dealkylation sites (N-methyl/N-ethyl adjacent to an activating group) is 1. The summed E-state index contributed by atoms with van der Waals surface area (Å²) in [5, 5.41) is 2.50. The van der Waals surface area contributed by atoms with Crippen LogP contribution < -0.4 is 16.8 Å². The normalized spacial score (nSPS) is 12.6. The van der Waals surface area contributed by atoms with Gasteiger partial charge >= 0.3 is 0 Å². The Bertz CT molecular complexity index is 116. The van der Waals surface area contributed by atoms with Crippen molar-refractivity contribution in [3.05, 3.63) is 0 Å². The maximum Gasteiger partial charge on any atom is 0.236 e. The van der Waals surface area contributed by atoms with E-state index >= 15 is 0 Å². The Morgan fingerprint density at radius 2 is 2.18 bits per heavy atom. The first-order valence-electron chi connectivity index (χ1n) is 3.89. The van der Waals surface area contributed by atoms with Gasteiger partial charge in [-0.2, -0.15) is 0 Å². The van der Waals surface area contributed by atoms with Crippen molar-refractivity contribution in [1.82, 2.24) is 5.32 Å². The van der Waals surface area contributed by atoms with Crippen LogP contribution in [0, 0.1) is 0 Å². The Balaban J connectivity index is 3.36. The highest BCUT2D eigenvalue weighted by molar-refractivity contribution is 5.81. The van der Waals surface area contributed by atoms with Crippen molar-refractivity contribution >= 4 is 5.91 Å². The van der Waals surface area contributed by atoms with Gasteiger partial charge in [-0.15, -0.1) is 0 Å². The van der Waals surface area contributed by atoms with Gasteiger partial charge in [0, 0.05) is 7.05 Å². The number of carbonyl (C=O) groups excluding carboxylic acids is 1. The number of hydrogen-bond acceptors (Lipinski definition) is 3. The van der Waals surface area contributed by atoms with Crippen LogP contribution in [0.15, 0.2) is 0 Å². The highest BCUT2D eigenvalue weighted by atomic mass is 16.2. The number of amides is 1. The van der Waals surface area contributed by atoms with Crippen molar-refractivity contribution in [3.63, 3.8) is 0 Å². The molecular formula is C7H17N3O. The smallest absolute Gasteiger partial charge is 0.236 e. The minimum atomic E-state index is -0.369. The van der Waals surface area contributed by atoms with E-state index in [9.17, 15) is 4.79 Å². The average molecular weight is 159 g/mol. The fourth-order valence-electron chi connectivity index (χ4n) is 0.825. The van der Waals surface area contributed by atoms with Crippen molar-refractivity contribution < 1.29 is 4.79 Å². The Morgan fingerprint density at radius 3 is 2.64 bits per heavy atom. The van der Waals surface area contributed by atoms with Gasteiger partial charge in [0.25, 0.3) is 0 Å². The molecule has 4 nitrogen and oxygen atoms in total. The van der Waals surface area contributed by atoms with E-state index in [0.717, 1.165) is 19.3 Å². The Hall–Kier alpha value is -0.610. The van der Waals surface area contributed by atoms with Gasteiger partial charge in [0.1, 0.15) is 0 Å². The van der Waals surface area contributed by atoms with Crippen LogP contribution in [-0.4, -0.2) is 25.5 Å². The number of unbranched alkanes of at least 4 members (excludes halogenated alkanes) is 1. The van der Waals surface area contributed by atoms with Crippen LogP contribution in [0.5, 0.6) is 0 Å². The number of rotatable bonds is 5. The molecule has 0 aliphatic carbocycles. The third kappa shape index (κ3) is 4.75. The third-order valence-corrected chi connectivity index (χ3v) is 1.55. The molecule has 0 aliphatic rings. The summed E-state index contributed by atoms with van der Waals surface area (Å²) in [5.74, 6) is -0.0954. The largest absolute Gasteiger partial charge is 0.358 e. The van der Waals surface area contributed by atoms with Crippen LogP contribution in [0.1, 0.15) is 19.3 Å². The van der Waals surface area contributed by atoms with Gasteiger partial charge in [-0.05, 0) is 19.4 Å². The second kappa shape index (κ2) is 6.12. The number of hydrogen-bond donors (Lipinski definition) is 3. The molecule has 0 rings (SSSR count). The second-order valence-corrected chi connectivity index (χ2v) is 2.51. The van der Waals surface area contributed by atoms with Crippen molar-refractivity contribution in [2.45, 2.75) is 25.3 Å². The second-order valence-electron chi connectivity index (χ2n) is 2.51. The molecule has 0 heterocycles. The molecule has 1 unspecified atom stereocenters. The van der Waals surface area contributed by atoms with Gasteiger partial charge in [-0.25, -0.2) is 0 Å². The summed E-state index contributed by atoms with van der Waals surface area (Å²) in [4.78, 5) is 10.8. The summed E-state index contributed by atoms with van der Waals surface area (Å²) in [5.41, 5.74) is 10.8. The zero-order valence-corrected chi connectivity index (χ0v) is 6.97. The summed E-state index contributed by atoms with van der Waals surface area (Å²) in [6.07, 6.45) is 2.58. The van der Waals surface area contributed by atoms with Crippen LogP contribution in [0.2, 0.25) is 0 Å². The van der Waals surface area contributed by atoms with E-state index in [1.807, 2.05) is 0 Å². The van der Waals surface area contributed by atoms with Crippen molar-refractivity contribution in [3.8, 4) is 0 Å². The third-order valence-electron chi connectivity index (χ3n) is 1.55. The minimum absolute atomic E-state index is 0.0954. The lowest BCUT2D eigenvalue weighted by Crippen LogP contribution is -2.38. The molecule has 0 aliphatic heterocycles. The maximum atomic E-state index is 10.8. The van der Waals surface area contributed by atoms with Gasteiger partial charge in [0.15, 0.2) is 0 Å². The molecular weight excluding hydrogens is 142 g/mol. The fourth-order valence-corrected chi connectivity index (χ4v) is 0.825. The topological polar surface area (TPSA) is 81.1 Å². The molecule has 66 valence electrons. The zero-order chi connectivity index (χ0) is 8.69. The minimum Gasteiger partial charge on any atom is -0.358 e. The molecule has 5 N–H and O–H groups in total. The Kier molecular flexibility index (Phi) is 5.78. The predicted molar refractivity (Wildman–Crippen MR) is 44.9 cm³/mol. The predicted octanol–water partition coefficient (Wildman–Crippen LogP) is -0.811. The molecule has 0 saturated heterocycles. The van der Waals surface area contributed by atoms with E-state index in [-0.39, 0.29) is 11.9 Å². The van der Waals surface area contributed by atoms with Crippen molar-refractivity contribution in [2.75, 3.05) is 13.6 Å². The average Bonchev–Trinajstić information content (AvgIpc) is 2.03. The molecule has 0 bridgehead atoms. The van der Waals surface area contributed by atoms with Gasteiger partial charge in [-0.1, -0.05) is 6.42 Å². The zero-order valence-electron chi connectivity index (χ0n) is 6.97. The molecule has 1 amide bonds. The van der Waals surface area contributed by atoms with E-state index in [2.05, 4.69) is 5.32 Å². The quantitative estimate of drug-likeness (QED) is 0.459. The van der Waals surface area contributed by atoms with Crippen molar-refractivity contribution in [1.29, 1.82) is 0 Å². The Morgan fingerprint density at radius 1 is 1.55 bits per heavy atom. The van der Waals surface area contributed by atoms with Gasteiger partial charge in [-0.3, -0.25) is 4.79 Å². The highest BCUT2D eigenvalue weighted by Gasteiger charge is 2.09. The molecule has 0 aromatic heterocycles. The molecule has 0 fully saturated rings.